The summed E-state index contributed by atoms with van der Waals surface area (Å²) in [5.74, 6) is 0. The third-order valence-electron chi connectivity index (χ3n) is 1.34. The van der Waals surface area contributed by atoms with Crippen LogP contribution >= 0.6 is 15.9 Å². The zero-order valence-electron chi connectivity index (χ0n) is 5.19. The molecule has 0 bridgehead atoms. The Balaban J connectivity index is 2.69. The van der Waals surface area contributed by atoms with E-state index in [1.54, 1.807) is 0 Å². The lowest BCUT2D eigenvalue weighted by Crippen LogP contribution is -2.28. The van der Waals surface area contributed by atoms with E-state index in [-0.39, 0.29) is 6.61 Å². The first kappa shape index (κ1) is 7.05. The first-order chi connectivity index (χ1) is 4.25. The second kappa shape index (κ2) is 2.68. The molecule has 0 spiro atoms. The molecule has 0 saturated carbocycles. The van der Waals surface area contributed by atoms with Crippen molar-refractivity contribution in [2.75, 3.05) is 20.2 Å². The van der Waals surface area contributed by atoms with Gasteiger partial charge in [0.1, 0.15) is 0 Å². The number of hydrazine groups is 1. The van der Waals surface area contributed by atoms with Gasteiger partial charge in [0.25, 0.3) is 0 Å². The number of nitrogens with zero attached hydrogens (tertiary/aromatic N) is 1. The van der Waals surface area contributed by atoms with Crippen molar-refractivity contribution in [2.45, 2.75) is 0 Å². The van der Waals surface area contributed by atoms with E-state index in [0.717, 1.165) is 16.7 Å². The van der Waals surface area contributed by atoms with Gasteiger partial charge < -0.3 is 10.1 Å². The molecule has 1 rings (SSSR count). The summed E-state index contributed by atoms with van der Waals surface area (Å²) >= 11 is 3.32. The van der Waals surface area contributed by atoms with Gasteiger partial charge in [-0.3, -0.25) is 0 Å². The summed E-state index contributed by atoms with van der Waals surface area (Å²) in [5, 5.41) is 10.5. The molecular formula is C5H9BrN2O. The van der Waals surface area contributed by atoms with Crippen LogP contribution in [0.25, 0.3) is 0 Å². The Bertz CT molecular complexity index is 146. The molecule has 1 aliphatic rings. The zero-order valence-corrected chi connectivity index (χ0v) is 6.77. The summed E-state index contributed by atoms with van der Waals surface area (Å²) in [6.45, 7) is 0.872. The van der Waals surface area contributed by atoms with Gasteiger partial charge in [-0.2, -0.15) is 0 Å². The molecule has 0 aromatic rings. The minimum atomic E-state index is 0.0874. The molecule has 2 N–H and O–H groups in total. The molecule has 9 heavy (non-hydrogen) atoms. The molecule has 0 aliphatic carbocycles. The van der Waals surface area contributed by atoms with Gasteiger partial charge >= 0.3 is 0 Å². The van der Waals surface area contributed by atoms with Gasteiger partial charge in [0, 0.05) is 18.1 Å². The quantitative estimate of drug-likeness (QED) is 0.616. The van der Waals surface area contributed by atoms with E-state index in [1.165, 1.54) is 0 Å². The predicted octanol–water partition coefficient (Wildman–Crippen LogP) is 0.0352. The lowest BCUT2D eigenvalue weighted by molar-refractivity contribution is 0.255. The number of nitrogens with one attached hydrogen (secondary N) is 1. The molecular weight excluding hydrogens is 184 g/mol. The van der Waals surface area contributed by atoms with Crippen molar-refractivity contribution in [1.29, 1.82) is 0 Å². The van der Waals surface area contributed by atoms with Gasteiger partial charge in [0.15, 0.2) is 0 Å². The molecule has 1 heterocycles. The van der Waals surface area contributed by atoms with Gasteiger partial charge in [0.05, 0.1) is 12.3 Å². The van der Waals surface area contributed by atoms with Crippen LogP contribution in [0.15, 0.2) is 10.2 Å². The van der Waals surface area contributed by atoms with E-state index < -0.39 is 0 Å². The largest absolute Gasteiger partial charge is 0.390 e. The van der Waals surface area contributed by atoms with Gasteiger partial charge in [-0.05, 0) is 0 Å². The van der Waals surface area contributed by atoms with Crippen molar-refractivity contribution >= 4 is 15.9 Å². The van der Waals surface area contributed by atoms with Gasteiger partial charge in [-0.15, -0.1) is 0 Å². The Morgan fingerprint density at radius 2 is 2.56 bits per heavy atom. The molecule has 0 aromatic carbocycles. The number of aliphatic hydroxyl groups is 1. The summed E-state index contributed by atoms with van der Waals surface area (Å²) in [4.78, 5) is 0. The van der Waals surface area contributed by atoms with Crippen molar-refractivity contribution in [3.8, 4) is 0 Å². The van der Waals surface area contributed by atoms with Crippen LogP contribution in [0.1, 0.15) is 0 Å². The average Bonchev–Trinajstić information content (AvgIpc) is 2.12. The third-order valence-corrected chi connectivity index (χ3v) is 2.08. The Hall–Kier alpha value is -0.0600. The Morgan fingerprint density at radius 1 is 1.89 bits per heavy atom. The third kappa shape index (κ3) is 1.26. The van der Waals surface area contributed by atoms with Crippen LogP contribution in [0.5, 0.6) is 0 Å². The average molecular weight is 193 g/mol. The van der Waals surface area contributed by atoms with E-state index >= 15 is 0 Å². The number of aliphatic hydroxyl groups excluding tert-OH is 1. The van der Waals surface area contributed by atoms with Crippen molar-refractivity contribution in [3.63, 3.8) is 0 Å². The summed E-state index contributed by atoms with van der Waals surface area (Å²) in [7, 11) is 1.87. The summed E-state index contributed by atoms with van der Waals surface area (Å²) in [6, 6.07) is 0. The van der Waals surface area contributed by atoms with E-state index in [0.29, 0.717) is 0 Å². The number of likely N-dealkylation sites (N-methyl/N-ethyl adjacent to an activating group) is 1. The maximum absolute atomic E-state index is 8.74. The van der Waals surface area contributed by atoms with Crippen LogP contribution in [0.4, 0.5) is 0 Å². The number of hydrogen-bond donors (Lipinski definition) is 2. The van der Waals surface area contributed by atoms with E-state index in [4.69, 9.17) is 5.11 Å². The molecule has 4 heteroatoms. The normalized spacial score (nSPS) is 19.7. The van der Waals surface area contributed by atoms with Crippen LogP contribution in [-0.4, -0.2) is 30.3 Å². The van der Waals surface area contributed by atoms with E-state index in [9.17, 15) is 0 Å². The highest BCUT2D eigenvalue weighted by Gasteiger charge is 2.14. The molecule has 0 atom stereocenters. The highest BCUT2D eigenvalue weighted by atomic mass is 79.9. The lowest BCUT2D eigenvalue weighted by Gasteiger charge is -2.13. The zero-order chi connectivity index (χ0) is 6.85. The Morgan fingerprint density at radius 3 is 2.78 bits per heavy atom. The van der Waals surface area contributed by atoms with Crippen LogP contribution in [-0.2, 0) is 0 Å². The summed E-state index contributed by atoms with van der Waals surface area (Å²) < 4.78 is 1.03. The molecule has 0 unspecified atom stereocenters. The minimum absolute atomic E-state index is 0.0874. The lowest BCUT2D eigenvalue weighted by atomic mass is 10.4. The van der Waals surface area contributed by atoms with Crippen LogP contribution < -0.4 is 5.43 Å². The number of rotatable bonds is 1. The van der Waals surface area contributed by atoms with Crippen LogP contribution in [0, 0.1) is 0 Å². The van der Waals surface area contributed by atoms with Crippen molar-refractivity contribution in [2.24, 2.45) is 0 Å². The van der Waals surface area contributed by atoms with Gasteiger partial charge in [-0.25, -0.2) is 5.43 Å². The van der Waals surface area contributed by atoms with Gasteiger partial charge in [-0.1, -0.05) is 15.9 Å². The minimum Gasteiger partial charge on any atom is -0.390 e. The second-order valence-electron chi connectivity index (χ2n) is 1.90. The van der Waals surface area contributed by atoms with E-state index in [1.807, 2.05) is 12.1 Å². The van der Waals surface area contributed by atoms with Gasteiger partial charge in [0.2, 0.25) is 0 Å². The summed E-state index contributed by atoms with van der Waals surface area (Å²) in [5.41, 5.74) is 3.93. The highest BCUT2D eigenvalue weighted by Crippen LogP contribution is 2.17. The van der Waals surface area contributed by atoms with Crippen LogP contribution in [0.2, 0.25) is 0 Å². The molecule has 1 aliphatic heterocycles. The maximum Gasteiger partial charge on any atom is 0.0852 e. The van der Waals surface area contributed by atoms with Crippen molar-refractivity contribution in [3.05, 3.63) is 10.2 Å². The first-order valence-electron chi connectivity index (χ1n) is 2.71. The Labute approximate surface area is 62.4 Å². The Kier molecular flexibility index (Phi) is 2.10. The monoisotopic (exact) mass is 192 g/mol. The summed E-state index contributed by atoms with van der Waals surface area (Å²) in [6.07, 6.45) is 0. The second-order valence-corrected chi connectivity index (χ2v) is 2.86. The van der Waals surface area contributed by atoms with E-state index in [2.05, 4.69) is 21.4 Å². The smallest absolute Gasteiger partial charge is 0.0852 e. The fraction of sp³-hybridized carbons (Fsp3) is 0.600. The molecule has 0 aromatic heterocycles. The standard InChI is InChI=1S/C5H9BrN2O/c1-8-5(3-9)4(6)2-7-8/h7,9H,2-3H2,1H3. The van der Waals surface area contributed by atoms with Crippen LogP contribution in [0.3, 0.4) is 0 Å². The molecule has 3 nitrogen and oxygen atoms in total. The molecule has 0 saturated heterocycles. The topological polar surface area (TPSA) is 35.5 Å². The predicted molar refractivity (Wildman–Crippen MR) is 38.8 cm³/mol. The first-order valence-corrected chi connectivity index (χ1v) is 3.50. The van der Waals surface area contributed by atoms with Crippen molar-refractivity contribution < 1.29 is 5.11 Å². The molecule has 0 fully saturated rings. The number of halogens is 1. The molecule has 52 valence electrons. The number of hydrogen-bond acceptors (Lipinski definition) is 3. The fourth-order valence-electron chi connectivity index (χ4n) is 0.759. The maximum atomic E-state index is 8.74. The highest BCUT2D eigenvalue weighted by molar-refractivity contribution is 9.11. The molecule has 0 radical (unpaired) electrons. The van der Waals surface area contributed by atoms with Crippen molar-refractivity contribution in [1.82, 2.24) is 10.4 Å². The SMILES string of the molecule is CN1NCC(Br)=C1CO. The fourth-order valence-corrected chi connectivity index (χ4v) is 1.28. The molecule has 0 amide bonds.